The van der Waals surface area contributed by atoms with Gasteiger partial charge >= 0.3 is 12.1 Å². The Morgan fingerprint density at radius 1 is 1.00 bits per heavy atom. The van der Waals surface area contributed by atoms with Crippen LogP contribution in [0.15, 0.2) is 66.2 Å². The van der Waals surface area contributed by atoms with E-state index in [2.05, 4.69) is 29.6 Å². The molecule has 5 heteroatoms. The second-order valence-corrected chi connectivity index (χ2v) is 8.09. The highest BCUT2D eigenvalue weighted by Gasteiger charge is 2.20. The van der Waals surface area contributed by atoms with Gasteiger partial charge in [-0.3, -0.25) is 0 Å². The predicted octanol–water partition coefficient (Wildman–Crippen LogP) is 5.30. The van der Waals surface area contributed by atoms with Gasteiger partial charge in [-0.2, -0.15) is 0 Å². The summed E-state index contributed by atoms with van der Waals surface area (Å²) in [5, 5.41) is 2.85. The zero-order valence-corrected chi connectivity index (χ0v) is 18.4. The molecule has 2 aromatic rings. The molecule has 5 nitrogen and oxygen atoms in total. The molecule has 0 spiro atoms. The fourth-order valence-corrected chi connectivity index (χ4v) is 2.94. The van der Waals surface area contributed by atoms with Gasteiger partial charge in [-0.05, 0) is 57.7 Å². The van der Waals surface area contributed by atoms with Gasteiger partial charge in [-0.15, -0.1) is 0 Å². The highest BCUT2D eigenvalue weighted by atomic mass is 16.6. The molecule has 1 N–H and O–H groups in total. The molecule has 0 saturated carbocycles. The Labute approximate surface area is 179 Å². The number of hydrogen-bond acceptors (Lipinski definition) is 4. The molecule has 0 bridgehead atoms. The molecule has 0 aromatic heterocycles. The Hall–Kier alpha value is -3.08. The van der Waals surface area contributed by atoms with Gasteiger partial charge in [0.05, 0.1) is 12.6 Å². The zero-order valence-electron chi connectivity index (χ0n) is 18.4. The molecule has 0 unspecified atom stereocenters. The van der Waals surface area contributed by atoms with Crippen LogP contribution in [0.5, 0.6) is 0 Å². The van der Waals surface area contributed by atoms with Gasteiger partial charge in [0.2, 0.25) is 0 Å². The van der Waals surface area contributed by atoms with Crippen LogP contribution in [0.2, 0.25) is 0 Å². The van der Waals surface area contributed by atoms with E-state index in [-0.39, 0.29) is 0 Å². The molecule has 0 aliphatic heterocycles. The lowest BCUT2D eigenvalue weighted by Crippen LogP contribution is -2.39. The van der Waals surface area contributed by atoms with Crippen LogP contribution in [0.25, 0.3) is 11.1 Å². The number of carbonyl (C=O) groups is 2. The summed E-state index contributed by atoms with van der Waals surface area (Å²) in [6.45, 7) is 9.17. The first-order valence-electron chi connectivity index (χ1n) is 10.2. The van der Waals surface area contributed by atoms with Crippen molar-refractivity contribution in [3.8, 4) is 11.1 Å². The van der Waals surface area contributed by atoms with Crippen molar-refractivity contribution in [2.45, 2.75) is 52.7 Å². The first-order valence-corrected chi connectivity index (χ1v) is 10.2. The predicted molar refractivity (Wildman–Crippen MR) is 119 cm³/mol. The number of amides is 1. The standard InChI is InChI=1S/C25H31NO4/c1-6-29-23(27)18(2)16-22(26-24(28)30-25(3,4)5)17-19-12-14-21(15-13-19)20-10-8-7-9-11-20/h7-16,22H,6,17H2,1-5H3,(H,26,28)/b18-16+/t22-/m1/s1. The van der Waals surface area contributed by atoms with E-state index in [1.807, 2.05) is 51.1 Å². The Morgan fingerprint density at radius 3 is 2.17 bits per heavy atom. The zero-order chi connectivity index (χ0) is 22.1. The maximum Gasteiger partial charge on any atom is 0.408 e. The van der Waals surface area contributed by atoms with Crippen LogP contribution in [-0.4, -0.2) is 30.3 Å². The number of alkyl carbamates (subject to hydrolysis) is 1. The summed E-state index contributed by atoms with van der Waals surface area (Å²) in [5.74, 6) is -0.395. The molecule has 0 heterocycles. The van der Waals surface area contributed by atoms with Gasteiger partial charge in [0.1, 0.15) is 5.60 Å². The van der Waals surface area contributed by atoms with Crippen LogP contribution in [-0.2, 0) is 20.7 Å². The summed E-state index contributed by atoms with van der Waals surface area (Å²) in [7, 11) is 0. The van der Waals surface area contributed by atoms with Crippen LogP contribution < -0.4 is 5.32 Å². The highest BCUT2D eigenvalue weighted by molar-refractivity contribution is 5.88. The van der Waals surface area contributed by atoms with Crippen LogP contribution in [0, 0.1) is 0 Å². The smallest absolute Gasteiger partial charge is 0.408 e. The van der Waals surface area contributed by atoms with Crippen molar-refractivity contribution in [1.29, 1.82) is 0 Å². The first kappa shape index (κ1) is 23.2. The number of hydrogen-bond donors (Lipinski definition) is 1. The molecular weight excluding hydrogens is 378 g/mol. The quantitative estimate of drug-likeness (QED) is 0.498. The fraction of sp³-hybridized carbons (Fsp3) is 0.360. The summed E-state index contributed by atoms with van der Waals surface area (Å²) in [4.78, 5) is 24.3. The van der Waals surface area contributed by atoms with E-state index in [1.54, 1.807) is 19.9 Å². The second-order valence-electron chi connectivity index (χ2n) is 8.09. The molecule has 160 valence electrons. The lowest BCUT2D eigenvalue weighted by molar-refractivity contribution is -0.138. The SMILES string of the molecule is CCOC(=O)/C(C)=C/[C@H](Cc1ccc(-c2ccccc2)cc1)NC(=O)OC(C)(C)C. The van der Waals surface area contributed by atoms with E-state index >= 15 is 0 Å². The molecule has 0 aliphatic rings. The van der Waals surface area contributed by atoms with E-state index in [9.17, 15) is 9.59 Å². The third kappa shape index (κ3) is 7.74. The lowest BCUT2D eigenvalue weighted by Gasteiger charge is -2.23. The molecular formula is C25H31NO4. The van der Waals surface area contributed by atoms with Gasteiger partial charge in [-0.25, -0.2) is 9.59 Å². The van der Waals surface area contributed by atoms with Gasteiger partial charge in [0, 0.05) is 5.57 Å². The van der Waals surface area contributed by atoms with Crippen molar-refractivity contribution < 1.29 is 19.1 Å². The van der Waals surface area contributed by atoms with Crippen LogP contribution in [0.1, 0.15) is 40.2 Å². The van der Waals surface area contributed by atoms with Crippen molar-refractivity contribution >= 4 is 12.1 Å². The molecule has 2 aromatic carbocycles. The van der Waals surface area contributed by atoms with Crippen molar-refractivity contribution in [2.24, 2.45) is 0 Å². The van der Waals surface area contributed by atoms with Crippen LogP contribution in [0.4, 0.5) is 4.79 Å². The van der Waals surface area contributed by atoms with Crippen molar-refractivity contribution in [1.82, 2.24) is 5.32 Å². The van der Waals surface area contributed by atoms with Gasteiger partial charge in [0.25, 0.3) is 0 Å². The maximum atomic E-state index is 12.3. The molecule has 1 atom stereocenters. The van der Waals surface area contributed by atoms with E-state index in [0.717, 1.165) is 16.7 Å². The van der Waals surface area contributed by atoms with Crippen molar-refractivity contribution in [2.75, 3.05) is 6.61 Å². The molecule has 30 heavy (non-hydrogen) atoms. The minimum absolute atomic E-state index is 0.301. The third-order valence-electron chi connectivity index (χ3n) is 4.27. The molecule has 0 saturated heterocycles. The van der Waals surface area contributed by atoms with Gasteiger partial charge in [0.15, 0.2) is 0 Å². The summed E-state index contributed by atoms with van der Waals surface area (Å²) in [6.07, 6.45) is 1.71. The number of rotatable bonds is 7. The van der Waals surface area contributed by atoms with Gasteiger partial charge in [-0.1, -0.05) is 60.7 Å². The maximum absolute atomic E-state index is 12.3. The molecule has 1 amide bonds. The van der Waals surface area contributed by atoms with Gasteiger partial charge < -0.3 is 14.8 Å². The second kappa shape index (κ2) is 10.6. The number of benzene rings is 2. The van der Waals surface area contributed by atoms with E-state index in [4.69, 9.17) is 9.47 Å². The minimum atomic E-state index is -0.605. The summed E-state index contributed by atoms with van der Waals surface area (Å²) < 4.78 is 10.4. The highest BCUT2D eigenvalue weighted by Crippen LogP contribution is 2.20. The molecule has 0 radical (unpaired) electrons. The van der Waals surface area contributed by atoms with E-state index in [1.165, 1.54) is 0 Å². The van der Waals surface area contributed by atoms with E-state index in [0.29, 0.717) is 18.6 Å². The fourth-order valence-electron chi connectivity index (χ4n) is 2.94. The minimum Gasteiger partial charge on any atom is -0.463 e. The van der Waals surface area contributed by atoms with Crippen molar-refractivity contribution in [3.63, 3.8) is 0 Å². The topological polar surface area (TPSA) is 64.6 Å². The Bertz CT molecular complexity index is 864. The Kier molecular flexibility index (Phi) is 8.22. The Balaban J connectivity index is 2.18. The van der Waals surface area contributed by atoms with E-state index < -0.39 is 23.7 Å². The third-order valence-corrected chi connectivity index (χ3v) is 4.27. The monoisotopic (exact) mass is 409 g/mol. The molecule has 2 rings (SSSR count). The number of nitrogens with one attached hydrogen (secondary N) is 1. The summed E-state index contributed by atoms with van der Waals surface area (Å²) >= 11 is 0. The van der Waals surface area contributed by atoms with Crippen LogP contribution in [0.3, 0.4) is 0 Å². The first-order chi connectivity index (χ1) is 14.2. The number of esters is 1. The summed E-state index contributed by atoms with van der Waals surface area (Å²) in [6, 6.07) is 17.9. The lowest BCUT2D eigenvalue weighted by atomic mass is 10.00. The number of carbonyl (C=O) groups excluding carboxylic acids is 2. The number of ether oxygens (including phenoxy) is 2. The molecule has 0 aliphatic carbocycles. The average molecular weight is 410 g/mol. The largest absolute Gasteiger partial charge is 0.463 e. The average Bonchev–Trinajstić information content (AvgIpc) is 2.68. The normalized spacial score (nSPS) is 12.8. The Morgan fingerprint density at radius 2 is 1.60 bits per heavy atom. The molecule has 0 fully saturated rings. The van der Waals surface area contributed by atoms with Crippen LogP contribution >= 0.6 is 0 Å². The van der Waals surface area contributed by atoms with Crippen molar-refractivity contribution in [3.05, 3.63) is 71.8 Å². The summed E-state index contributed by atoms with van der Waals surface area (Å²) in [5.41, 5.74) is 3.13.